The van der Waals surface area contributed by atoms with Gasteiger partial charge in [-0.3, -0.25) is 9.36 Å². The van der Waals surface area contributed by atoms with Crippen LogP contribution in [0.25, 0.3) is 27.7 Å². The number of anilines is 1. The molecule has 2 heterocycles. The van der Waals surface area contributed by atoms with Crippen LogP contribution in [0.15, 0.2) is 65.7 Å². The zero-order valence-electron chi connectivity index (χ0n) is 15.6. The Morgan fingerprint density at radius 3 is 2.67 bits per heavy atom. The molecule has 0 atom stereocenters. The van der Waals surface area contributed by atoms with E-state index in [0.717, 1.165) is 11.6 Å². The number of nitrogens with zero attached hydrogens (tertiary/aromatic N) is 3. The van der Waals surface area contributed by atoms with E-state index in [9.17, 15) is 18.0 Å². The minimum absolute atomic E-state index is 0.148. The van der Waals surface area contributed by atoms with Crippen LogP contribution < -0.4 is 16.0 Å². The van der Waals surface area contributed by atoms with Gasteiger partial charge in [-0.2, -0.15) is 0 Å². The molecular weight excluding hydrogens is 397 g/mol. The van der Waals surface area contributed by atoms with Gasteiger partial charge in [0.1, 0.15) is 5.75 Å². The van der Waals surface area contributed by atoms with Crippen molar-refractivity contribution in [1.29, 1.82) is 0 Å². The summed E-state index contributed by atoms with van der Waals surface area (Å²) in [5, 5.41) is 0.705. The Balaban J connectivity index is 1.83. The summed E-state index contributed by atoms with van der Waals surface area (Å²) in [6.45, 7) is 1.79. The molecule has 0 aliphatic carbocycles. The van der Waals surface area contributed by atoms with Crippen molar-refractivity contribution < 1.29 is 17.9 Å². The van der Waals surface area contributed by atoms with Crippen LogP contribution in [0.3, 0.4) is 0 Å². The molecule has 0 bridgehead atoms. The fraction of sp³-hybridized carbons (Fsp3) is 0.0952. The molecule has 0 unspecified atom stereocenters. The van der Waals surface area contributed by atoms with Crippen molar-refractivity contribution in [3.63, 3.8) is 0 Å². The second-order valence-corrected chi connectivity index (χ2v) is 6.60. The average molecular weight is 412 g/mol. The highest BCUT2D eigenvalue weighted by atomic mass is 19.4. The van der Waals surface area contributed by atoms with E-state index in [2.05, 4.69) is 14.7 Å². The van der Waals surface area contributed by atoms with E-state index in [4.69, 9.17) is 5.73 Å². The summed E-state index contributed by atoms with van der Waals surface area (Å²) in [6.07, 6.45) is -1.74. The maximum atomic E-state index is 13.2. The largest absolute Gasteiger partial charge is 0.573 e. The lowest BCUT2D eigenvalue weighted by Gasteiger charge is -2.13. The molecule has 0 aliphatic rings. The number of hydrogen-bond donors (Lipinski definition) is 1. The Hall–Kier alpha value is -3.88. The summed E-state index contributed by atoms with van der Waals surface area (Å²) in [5.74, 6) is -0.260. The molecule has 0 saturated heterocycles. The fourth-order valence-electron chi connectivity index (χ4n) is 3.21. The number of rotatable bonds is 3. The van der Waals surface area contributed by atoms with E-state index in [1.54, 1.807) is 37.4 Å². The number of hydrogen-bond acceptors (Lipinski definition) is 5. The van der Waals surface area contributed by atoms with Crippen molar-refractivity contribution in [2.45, 2.75) is 13.3 Å². The molecule has 0 spiro atoms. The Morgan fingerprint density at radius 2 is 1.90 bits per heavy atom. The summed E-state index contributed by atoms with van der Waals surface area (Å²) in [7, 11) is 0. The molecular formula is C21H15F3N4O2. The van der Waals surface area contributed by atoms with Gasteiger partial charge in [-0.1, -0.05) is 12.1 Å². The Bertz CT molecular complexity index is 1320. The number of nitrogens with two attached hydrogens (primary N) is 1. The predicted molar refractivity (Wildman–Crippen MR) is 106 cm³/mol. The summed E-state index contributed by atoms with van der Waals surface area (Å²) in [4.78, 5) is 21.3. The first-order chi connectivity index (χ1) is 14.2. The van der Waals surface area contributed by atoms with E-state index in [0.29, 0.717) is 22.0 Å². The van der Waals surface area contributed by atoms with Gasteiger partial charge in [-0.25, -0.2) is 9.97 Å². The van der Waals surface area contributed by atoms with Crippen LogP contribution in [0.1, 0.15) is 5.56 Å². The van der Waals surface area contributed by atoms with E-state index >= 15 is 0 Å². The van der Waals surface area contributed by atoms with Crippen molar-refractivity contribution >= 4 is 16.9 Å². The first-order valence-corrected chi connectivity index (χ1v) is 8.82. The van der Waals surface area contributed by atoms with Crippen LogP contribution in [-0.4, -0.2) is 20.9 Å². The molecule has 0 aliphatic heterocycles. The van der Waals surface area contributed by atoms with Gasteiger partial charge in [-0.05, 0) is 48.4 Å². The fourth-order valence-corrected chi connectivity index (χ4v) is 3.21. The van der Waals surface area contributed by atoms with Gasteiger partial charge in [0.25, 0.3) is 5.56 Å². The SMILES string of the molecule is Cc1ccn(-c2cccc(OC(F)(F)F)c2)c(=O)c1-c1ccc2nc(N)ncc2c1. The molecule has 0 amide bonds. The smallest absolute Gasteiger partial charge is 0.406 e. The summed E-state index contributed by atoms with van der Waals surface area (Å²) in [6, 6.07) is 12.2. The van der Waals surface area contributed by atoms with Crippen molar-refractivity contribution in [2.75, 3.05) is 5.73 Å². The normalized spacial score (nSPS) is 11.6. The van der Waals surface area contributed by atoms with E-state index in [1.165, 1.54) is 29.0 Å². The molecule has 2 N–H and O–H groups in total. The maximum absolute atomic E-state index is 13.2. The minimum atomic E-state index is -4.82. The van der Waals surface area contributed by atoms with Gasteiger partial charge in [-0.15, -0.1) is 13.2 Å². The number of pyridine rings is 1. The Morgan fingerprint density at radius 1 is 1.10 bits per heavy atom. The first-order valence-electron chi connectivity index (χ1n) is 8.82. The van der Waals surface area contributed by atoms with Gasteiger partial charge >= 0.3 is 6.36 Å². The van der Waals surface area contributed by atoms with Gasteiger partial charge in [0.15, 0.2) is 0 Å². The number of fused-ring (bicyclic) bond motifs is 1. The molecule has 30 heavy (non-hydrogen) atoms. The van der Waals surface area contributed by atoms with Crippen molar-refractivity contribution in [1.82, 2.24) is 14.5 Å². The van der Waals surface area contributed by atoms with E-state index in [-0.39, 0.29) is 17.2 Å². The topological polar surface area (TPSA) is 83.0 Å². The van der Waals surface area contributed by atoms with E-state index < -0.39 is 12.1 Å². The van der Waals surface area contributed by atoms with Gasteiger partial charge in [0.2, 0.25) is 5.95 Å². The van der Waals surface area contributed by atoms with Crippen LogP contribution in [0.2, 0.25) is 0 Å². The molecule has 4 aromatic rings. The second kappa shape index (κ2) is 7.18. The van der Waals surface area contributed by atoms with Crippen LogP contribution >= 0.6 is 0 Å². The zero-order valence-corrected chi connectivity index (χ0v) is 15.6. The lowest BCUT2D eigenvalue weighted by molar-refractivity contribution is -0.274. The molecule has 2 aromatic carbocycles. The number of ether oxygens (including phenoxy) is 1. The molecule has 4 rings (SSSR count). The molecule has 0 saturated carbocycles. The first kappa shape index (κ1) is 19.4. The van der Waals surface area contributed by atoms with Gasteiger partial charge in [0, 0.05) is 23.8 Å². The van der Waals surface area contributed by atoms with Crippen LogP contribution in [0, 0.1) is 6.92 Å². The summed E-state index contributed by atoms with van der Waals surface area (Å²) in [5.41, 5.74) is 7.87. The summed E-state index contributed by atoms with van der Waals surface area (Å²) >= 11 is 0. The minimum Gasteiger partial charge on any atom is -0.406 e. The number of halogens is 3. The standard InChI is InChI=1S/C21H15F3N4O2/c1-12-7-8-28(15-3-2-4-16(10-15)30-21(22,23)24)19(29)18(12)13-5-6-17-14(9-13)11-26-20(25)27-17/h2-11H,1H3,(H2,25,26,27). The third kappa shape index (κ3) is 3.82. The lowest BCUT2D eigenvalue weighted by atomic mass is 10.0. The predicted octanol–water partition coefficient (Wildman–Crippen LogP) is 4.24. The highest BCUT2D eigenvalue weighted by molar-refractivity contribution is 5.85. The molecule has 152 valence electrons. The number of aromatic nitrogens is 3. The number of aryl methyl sites for hydroxylation is 1. The molecule has 0 radical (unpaired) electrons. The zero-order chi connectivity index (χ0) is 21.5. The molecule has 0 fully saturated rings. The third-order valence-corrected chi connectivity index (χ3v) is 4.52. The van der Waals surface area contributed by atoms with Crippen LogP contribution in [-0.2, 0) is 0 Å². The van der Waals surface area contributed by atoms with Gasteiger partial charge < -0.3 is 10.5 Å². The van der Waals surface area contributed by atoms with Crippen LogP contribution in [0.5, 0.6) is 5.75 Å². The quantitative estimate of drug-likeness (QED) is 0.544. The highest BCUT2D eigenvalue weighted by Gasteiger charge is 2.31. The van der Waals surface area contributed by atoms with E-state index in [1.807, 2.05) is 0 Å². The Labute approximate surface area is 168 Å². The summed E-state index contributed by atoms with van der Waals surface area (Å²) < 4.78 is 42.8. The lowest BCUT2D eigenvalue weighted by Crippen LogP contribution is -2.21. The van der Waals surface area contributed by atoms with Crippen molar-refractivity contribution in [3.8, 4) is 22.6 Å². The van der Waals surface area contributed by atoms with Crippen LogP contribution in [0.4, 0.5) is 19.1 Å². The molecule has 6 nitrogen and oxygen atoms in total. The maximum Gasteiger partial charge on any atom is 0.573 e. The molecule has 9 heteroatoms. The monoisotopic (exact) mass is 412 g/mol. The second-order valence-electron chi connectivity index (χ2n) is 6.60. The number of alkyl halides is 3. The van der Waals surface area contributed by atoms with Crippen molar-refractivity contribution in [2.24, 2.45) is 0 Å². The number of nitrogen functional groups attached to an aromatic ring is 1. The van der Waals surface area contributed by atoms with Crippen molar-refractivity contribution in [3.05, 3.63) is 76.8 Å². The Kier molecular flexibility index (Phi) is 4.65. The molecule has 2 aromatic heterocycles. The number of benzene rings is 2. The third-order valence-electron chi connectivity index (χ3n) is 4.52. The average Bonchev–Trinajstić information content (AvgIpc) is 2.67. The highest BCUT2D eigenvalue weighted by Crippen LogP contribution is 2.26. The van der Waals surface area contributed by atoms with Gasteiger partial charge in [0.05, 0.1) is 16.8 Å².